The summed E-state index contributed by atoms with van der Waals surface area (Å²) in [5.41, 5.74) is 2.53. The van der Waals surface area contributed by atoms with Crippen LogP contribution in [0, 0.1) is 0 Å². The highest BCUT2D eigenvalue weighted by Gasteiger charge is 2.23. The fourth-order valence-electron chi connectivity index (χ4n) is 4.12. The second-order valence-electron chi connectivity index (χ2n) is 8.02. The molecule has 6 nitrogen and oxygen atoms in total. The van der Waals surface area contributed by atoms with Crippen molar-refractivity contribution in [2.75, 3.05) is 20.4 Å². The molecule has 0 bridgehead atoms. The van der Waals surface area contributed by atoms with E-state index < -0.39 is 0 Å². The third-order valence-electron chi connectivity index (χ3n) is 5.83. The van der Waals surface area contributed by atoms with E-state index in [2.05, 4.69) is 29.2 Å². The monoisotopic (exact) mass is 443 g/mol. The van der Waals surface area contributed by atoms with E-state index in [4.69, 9.17) is 18.6 Å². The van der Waals surface area contributed by atoms with E-state index in [1.807, 2.05) is 24.3 Å². The molecule has 0 fully saturated rings. The van der Waals surface area contributed by atoms with Gasteiger partial charge in [-0.15, -0.1) is 0 Å². The number of rotatable bonds is 7. The standard InChI is InChI=1S/C27H25NO5/c1-30-23-11-5-6-12-24(23)33-25-17-31-27-20(26(25)29)13-14-22-21(27)16-28(18-32-22)15-7-10-19-8-3-2-4-9-19/h2-6,8-9,11-14,17H,7,10,15-16,18H2,1H3. The number of hydrogen-bond donors (Lipinski definition) is 0. The molecule has 0 saturated heterocycles. The summed E-state index contributed by atoms with van der Waals surface area (Å²) in [4.78, 5) is 15.4. The van der Waals surface area contributed by atoms with Crippen molar-refractivity contribution in [2.24, 2.45) is 0 Å². The lowest BCUT2D eigenvalue weighted by Crippen LogP contribution is -2.33. The second kappa shape index (κ2) is 9.38. The lowest BCUT2D eigenvalue weighted by atomic mass is 10.1. The van der Waals surface area contributed by atoms with Crippen molar-refractivity contribution >= 4 is 11.0 Å². The number of para-hydroxylation sites is 2. The first-order chi connectivity index (χ1) is 16.2. The molecule has 0 unspecified atom stereocenters. The van der Waals surface area contributed by atoms with Crippen molar-refractivity contribution in [2.45, 2.75) is 19.4 Å². The van der Waals surface area contributed by atoms with E-state index >= 15 is 0 Å². The Morgan fingerprint density at radius 1 is 0.939 bits per heavy atom. The maximum atomic E-state index is 13.1. The number of methoxy groups -OCH3 is 1. The fraction of sp³-hybridized carbons (Fsp3) is 0.222. The zero-order valence-electron chi connectivity index (χ0n) is 18.5. The molecule has 4 aromatic rings. The van der Waals surface area contributed by atoms with Crippen molar-refractivity contribution in [3.63, 3.8) is 0 Å². The Kier molecular flexibility index (Phi) is 6.00. The van der Waals surface area contributed by atoms with Gasteiger partial charge in [0, 0.05) is 13.1 Å². The highest BCUT2D eigenvalue weighted by atomic mass is 16.5. The van der Waals surface area contributed by atoms with Crippen LogP contribution in [0.25, 0.3) is 11.0 Å². The van der Waals surface area contributed by atoms with Crippen LogP contribution in [0.1, 0.15) is 17.5 Å². The van der Waals surface area contributed by atoms with Crippen LogP contribution in [0.15, 0.2) is 82.2 Å². The van der Waals surface area contributed by atoms with Crippen LogP contribution in [0.3, 0.4) is 0 Å². The molecule has 0 amide bonds. The van der Waals surface area contributed by atoms with Crippen LogP contribution >= 0.6 is 0 Å². The first kappa shape index (κ1) is 21.1. The van der Waals surface area contributed by atoms with E-state index in [0.29, 0.717) is 35.7 Å². The summed E-state index contributed by atoms with van der Waals surface area (Å²) in [7, 11) is 1.56. The highest BCUT2D eigenvalue weighted by molar-refractivity contribution is 5.83. The van der Waals surface area contributed by atoms with Gasteiger partial charge in [0.25, 0.3) is 0 Å². The average molecular weight is 443 g/mol. The summed E-state index contributed by atoms with van der Waals surface area (Å²) in [6.07, 6.45) is 3.40. The van der Waals surface area contributed by atoms with Gasteiger partial charge in [-0.25, -0.2) is 0 Å². The summed E-state index contributed by atoms with van der Waals surface area (Å²) in [5, 5.41) is 0.468. The Hall–Kier alpha value is -3.77. The lowest BCUT2D eigenvalue weighted by molar-refractivity contribution is 0.0946. The maximum Gasteiger partial charge on any atom is 0.235 e. The molecule has 1 aliphatic rings. The summed E-state index contributed by atoms with van der Waals surface area (Å²) in [6, 6.07) is 21.2. The van der Waals surface area contributed by atoms with Gasteiger partial charge in [0.1, 0.15) is 24.3 Å². The minimum absolute atomic E-state index is 0.114. The molecule has 0 atom stereocenters. The molecule has 3 aromatic carbocycles. The van der Waals surface area contributed by atoms with Crippen molar-refractivity contribution in [3.8, 4) is 23.0 Å². The first-order valence-corrected chi connectivity index (χ1v) is 11.0. The number of hydrogen-bond acceptors (Lipinski definition) is 6. The van der Waals surface area contributed by atoms with Crippen LogP contribution in [0.4, 0.5) is 0 Å². The van der Waals surface area contributed by atoms with Gasteiger partial charge >= 0.3 is 0 Å². The summed E-state index contributed by atoms with van der Waals surface area (Å²) >= 11 is 0. The number of aryl methyl sites for hydroxylation is 1. The SMILES string of the molecule is COc1ccccc1Oc1coc2c3c(ccc2c1=O)OCN(CCCc1ccccc1)C3. The average Bonchev–Trinajstić information content (AvgIpc) is 2.86. The molecular weight excluding hydrogens is 418 g/mol. The number of ether oxygens (including phenoxy) is 3. The molecule has 0 aliphatic carbocycles. The van der Waals surface area contributed by atoms with E-state index in [1.54, 1.807) is 25.3 Å². The molecule has 2 heterocycles. The largest absolute Gasteiger partial charge is 0.493 e. The smallest absolute Gasteiger partial charge is 0.235 e. The Morgan fingerprint density at radius 3 is 2.55 bits per heavy atom. The number of benzene rings is 3. The van der Waals surface area contributed by atoms with Gasteiger partial charge in [-0.1, -0.05) is 42.5 Å². The van der Waals surface area contributed by atoms with Crippen LogP contribution in [-0.2, 0) is 13.0 Å². The van der Waals surface area contributed by atoms with Gasteiger partial charge in [0.15, 0.2) is 11.5 Å². The zero-order valence-corrected chi connectivity index (χ0v) is 18.5. The molecule has 0 N–H and O–H groups in total. The van der Waals surface area contributed by atoms with Gasteiger partial charge < -0.3 is 18.6 Å². The third-order valence-corrected chi connectivity index (χ3v) is 5.83. The van der Waals surface area contributed by atoms with Crippen molar-refractivity contribution in [1.29, 1.82) is 0 Å². The van der Waals surface area contributed by atoms with Crippen molar-refractivity contribution in [1.82, 2.24) is 4.90 Å². The van der Waals surface area contributed by atoms with Crippen molar-refractivity contribution in [3.05, 3.63) is 94.3 Å². The molecule has 1 aliphatic heterocycles. The first-order valence-electron chi connectivity index (χ1n) is 11.0. The van der Waals surface area contributed by atoms with Crippen LogP contribution in [0.5, 0.6) is 23.0 Å². The number of fused-ring (bicyclic) bond motifs is 3. The molecular formula is C27H25NO5. The minimum atomic E-state index is -0.230. The Labute approximate surface area is 191 Å². The maximum absolute atomic E-state index is 13.1. The Bertz CT molecular complexity index is 1320. The van der Waals surface area contributed by atoms with Crippen LogP contribution in [0.2, 0.25) is 0 Å². The minimum Gasteiger partial charge on any atom is -0.493 e. The molecule has 0 saturated carbocycles. The Morgan fingerprint density at radius 2 is 1.73 bits per heavy atom. The molecule has 5 rings (SSSR count). The van der Waals surface area contributed by atoms with Gasteiger partial charge in [-0.2, -0.15) is 0 Å². The summed E-state index contributed by atoms with van der Waals surface area (Å²) in [6.45, 7) is 2.08. The van der Waals surface area contributed by atoms with Gasteiger partial charge in [0.2, 0.25) is 11.2 Å². The van der Waals surface area contributed by atoms with Crippen LogP contribution in [-0.4, -0.2) is 25.3 Å². The normalized spacial score (nSPS) is 13.4. The predicted molar refractivity (Wildman–Crippen MR) is 126 cm³/mol. The van der Waals surface area contributed by atoms with E-state index in [1.165, 1.54) is 11.8 Å². The highest BCUT2D eigenvalue weighted by Crippen LogP contribution is 2.34. The summed E-state index contributed by atoms with van der Waals surface area (Å²) < 4.78 is 23.0. The molecule has 0 radical (unpaired) electrons. The zero-order chi connectivity index (χ0) is 22.6. The molecule has 168 valence electrons. The van der Waals surface area contributed by atoms with E-state index in [9.17, 15) is 4.79 Å². The quantitative estimate of drug-likeness (QED) is 0.382. The lowest BCUT2D eigenvalue weighted by Gasteiger charge is -2.29. The van der Waals surface area contributed by atoms with E-state index in [0.717, 1.165) is 30.7 Å². The predicted octanol–water partition coefficient (Wildman–Crippen LogP) is 5.38. The molecule has 33 heavy (non-hydrogen) atoms. The van der Waals surface area contributed by atoms with Crippen molar-refractivity contribution < 1.29 is 18.6 Å². The molecule has 1 aromatic heterocycles. The number of nitrogens with zero attached hydrogens (tertiary/aromatic N) is 1. The fourth-order valence-corrected chi connectivity index (χ4v) is 4.12. The van der Waals surface area contributed by atoms with Crippen LogP contribution < -0.4 is 19.6 Å². The second-order valence-corrected chi connectivity index (χ2v) is 8.02. The third kappa shape index (κ3) is 4.43. The van der Waals surface area contributed by atoms with Gasteiger partial charge in [0.05, 0.1) is 18.1 Å². The summed E-state index contributed by atoms with van der Waals surface area (Å²) in [5.74, 6) is 1.87. The molecule has 6 heteroatoms. The Balaban J connectivity index is 1.36. The topological polar surface area (TPSA) is 61.1 Å². The van der Waals surface area contributed by atoms with E-state index in [-0.39, 0.29) is 11.2 Å². The molecule has 0 spiro atoms. The van der Waals surface area contributed by atoms with Gasteiger partial charge in [-0.3, -0.25) is 9.69 Å². The van der Waals surface area contributed by atoms with Gasteiger partial charge in [-0.05, 0) is 42.7 Å².